The molecule has 0 aromatic heterocycles. The molecule has 122 valence electrons. The van der Waals surface area contributed by atoms with E-state index in [1.807, 2.05) is 32.9 Å². The van der Waals surface area contributed by atoms with Crippen LogP contribution in [0.4, 0.5) is 4.79 Å². The van der Waals surface area contributed by atoms with Gasteiger partial charge in [-0.2, -0.15) is 0 Å². The van der Waals surface area contributed by atoms with Crippen molar-refractivity contribution in [3.63, 3.8) is 0 Å². The molecule has 1 saturated heterocycles. The summed E-state index contributed by atoms with van der Waals surface area (Å²) < 4.78 is 9.98. The minimum absolute atomic E-state index is 0.202. The van der Waals surface area contributed by atoms with E-state index in [0.29, 0.717) is 6.04 Å². The zero-order valence-electron chi connectivity index (χ0n) is 13.3. The maximum atomic E-state index is 12.0. The Hall–Kier alpha value is -0.720. The summed E-state index contributed by atoms with van der Waals surface area (Å²) in [5.74, 6) is 0. The van der Waals surface area contributed by atoms with Gasteiger partial charge >= 0.3 is 6.09 Å². The van der Waals surface area contributed by atoms with E-state index in [4.69, 9.17) is 4.74 Å². The molecule has 6 heteroatoms. The van der Waals surface area contributed by atoms with Crippen molar-refractivity contribution in [2.24, 2.45) is 0 Å². The summed E-state index contributed by atoms with van der Waals surface area (Å²) in [6.07, 6.45) is 1.69. The Kier molecular flexibility index (Phi) is 6.17. The lowest BCUT2D eigenvalue weighted by molar-refractivity contribution is 0.0204. The van der Waals surface area contributed by atoms with E-state index in [1.54, 1.807) is 16.8 Å². The number of piperidine rings is 1. The lowest BCUT2D eigenvalue weighted by atomic mass is 10.1. The molecular weight excluding hydrogens is 364 g/mol. The zero-order chi connectivity index (χ0) is 16.2. The van der Waals surface area contributed by atoms with Crippen LogP contribution in [0.1, 0.15) is 33.6 Å². The average molecular weight is 387 g/mol. The molecular formula is C16H23BrN2O2S. The van der Waals surface area contributed by atoms with Gasteiger partial charge in [-0.25, -0.2) is 4.79 Å². The Labute approximate surface area is 145 Å². The van der Waals surface area contributed by atoms with Gasteiger partial charge in [0.1, 0.15) is 5.60 Å². The monoisotopic (exact) mass is 386 g/mol. The van der Waals surface area contributed by atoms with Gasteiger partial charge in [0.15, 0.2) is 0 Å². The maximum absolute atomic E-state index is 12.0. The van der Waals surface area contributed by atoms with Crippen molar-refractivity contribution in [3.8, 4) is 0 Å². The molecule has 4 nitrogen and oxygen atoms in total. The van der Waals surface area contributed by atoms with Crippen molar-refractivity contribution >= 4 is 34.0 Å². The van der Waals surface area contributed by atoms with Gasteiger partial charge < -0.3 is 9.64 Å². The fraction of sp³-hybridized carbons (Fsp3) is 0.562. The van der Waals surface area contributed by atoms with Crippen molar-refractivity contribution < 1.29 is 9.53 Å². The van der Waals surface area contributed by atoms with Crippen LogP contribution in [0.3, 0.4) is 0 Å². The smallest absolute Gasteiger partial charge is 0.410 e. The van der Waals surface area contributed by atoms with Crippen LogP contribution in [-0.2, 0) is 4.74 Å². The molecule has 2 rings (SSSR count). The predicted molar refractivity (Wildman–Crippen MR) is 94.0 cm³/mol. The summed E-state index contributed by atoms with van der Waals surface area (Å²) in [7, 11) is 0. The molecule has 1 amide bonds. The second kappa shape index (κ2) is 7.70. The predicted octanol–water partition coefficient (Wildman–Crippen LogP) is 4.45. The van der Waals surface area contributed by atoms with Gasteiger partial charge in [0.2, 0.25) is 0 Å². The van der Waals surface area contributed by atoms with E-state index in [-0.39, 0.29) is 6.09 Å². The largest absolute Gasteiger partial charge is 0.444 e. The maximum Gasteiger partial charge on any atom is 0.410 e. The van der Waals surface area contributed by atoms with Crippen LogP contribution in [0.5, 0.6) is 0 Å². The molecule has 0 saturated carbocycles. The molecule has 0 radical (unpaired) electrons. The van der Waals surface area contributed by atoms with E-state index in [1.165, 1.54) is 4.90 Å². The second-order valence-corrected chi connectivity index (χ2v) is 8.24. The Morgan fingerprint density at radius 2 is 1.86 bits per heavy atom. The number of amides is 1. The lowest BCUT2D eigenvalue weighted by Gasteiger charge is -2.33. The molecule has 1 aliphatic heterocycles. The van der Waals surface area contributed by atoms with Gasteiger partial charge in [-0.3, -0.25) is 4.72 Å². The van der Waals surface area contributed by atoms with E-state index >= 15 is 0 Å². The number of likely N-dealkylation sites (tertiary alicyclic amines) is 1. The molecule has 0 bridgehead atoms. The highest BCUT2D eigenvalue weighted by molar-refractivity contribution is 9.10. The Bertz CT molecular complexity index is 494. The fourth-order valence-corrected chi connectivity index (χ4v) is 3.24. The van der Waals surface area contributed by atoms with Gasteiger partial charge in [0.05, 0.1) is 0 Å². The number of nitrogens with zero attached hydrogens (tertiary/aromatic N) is 1. The number of benzene rings is 1. The average Bonchev–Trinajstić information content (AvgIpc) is 2.45. The third-order valence-corrected chi connectivity index (χ3v) is 4.79. The highest BCUT2D eigenvalue weighted by Crippen LogP contribution is 2.21. The fourth-order valence-electron chi connectivity index (χ4n) is 2.16. The lowest BCUT2D eigenvalue weighted by Crippen LogP contribution is -2.45. The first-order chi connectivity index (χ1) is 10.3. The van der Waals surface area contributed by atoms with Crippen molar-refractivity contribution in [1.29, 1.82) is 0 Å². The molecule has 0 atom stereocenters. The molecule has 22 heavy (non-hydrogen) atoms. The van der Waals surface area contributed by atoms with Crippen LogP contribution in [0.15, 0.2) is 33.6 Å². The third kappa shape index (κ3) is 5.82. The van der Waals surface area contributed by atoms with Gasteiger partial charge in [0, 0.05) is 28.5 Å². The summed E-state index contributed by atoms with van der Waals surface area (Å²) in [5, 5.41) is 0. The van der Waals surface area contributed by atoms with Gasteiger partial charge in [0.25, 0.3) is 0 Å². The standard InChI is InChI=1S/C16H23BrN2O2S/c1-16(2,3)21-15(20)19-10-8-13(9-11-19)18-22-14-6-4-12(17)5-7-14/h4-7,13,18H,8-11H2,1-3H3. The second-order valence-electron chi connectivity index (χ2n) is 6.42. The van der Waals surface area contributed by atoms with Crippen LogP contribution in [0.25, 0.3) is 0 Å². The molecule has 1 fully saturated rings. The number of carbonyl (C=O) groups excluding carboxylic acids is 1. The Morgan fingerprint density at radius 1 is 1.27 bits per heavy atom. The van der Waals surface area contributed by atoms with Crippen LogP contribution < -0.4 is 4.72 Å². The quantitative estimate of drug-likeness (QED) is 0.779. The molecule has 1 heterocycles. The van der Waals surface area contributed by atoms with Crippen molar-refractivity contribution in [3.05, 3.63) is 28.7 Å². The first-order valence-electron chi connectivity index (χ1n) is 7.49. The summed E-state index contributed by atoms with van der Waals surface area (Å²) in [6, 6.07) is 8.66. The first-order valence-corrected chi connectivity index (χ1v) is 9.10. The van der Waals surface area contributed by atoms with Crippen molar-refractivity contribution in [1.82, 2.24) is 9.62 Å². The normalized spacial score (nSPS) is 16.6. The SMILES string of the molecule is CC(C)(C)OC(=O)N1CCC(NSc2ccc(Br)cc2)CC1. The van der Waals surface area contributed by atoms with Crippen LogP contribution in [0.2, 0.25) is 0 Å². The summed E-state index contributed by atoms with van der Waals surface area (Å²) in [6.45, 7) is 7.18. The number of hydrogen-bond donors (Lipinski definition) is 1. The number of halogens is 1. The van der Waals surface area contributed by atoms with Gasteiger partial charge in [-0.15, -0.1) is 0 Å². The number of hydrogen-bond acceptors (Lipinski definition) is 4. The third-order valence-electron chi connectivity index (χ3n) is 3.30. The van der Waals surface area contributed by atoms with Gasteiger partial charge in [-0.05, 0) is 69.8 Å². The zero-order valence-corrected chi connectivity index (χ0v) is 15.7. The van der Waals surface area contributed by atoms with E-state index in [0.717, 1.165) is 30.4 Å². The number of nitrogens with one attached hydrogen (secondary N) is 1. The minimum atomic E-state index is -0.427. The highest BCUT2D eigenvalue weighted by Gasteiger charge is 2.26. The summed E-state index contributed by atoms with van der Waals surface area (Å²) >= 11 is 5.08. The molecule has 1 aliphatic rings. The summed E-state index contributed by atoms with van der Waals surface area (Å²) in [4.78, 5) is 15.0. The van der Waals surface area contributed by atoms with E-state index in [9.17, 15) is 4.79 Å². The van der Waals surface area contributed by atoms with Crippen LogP contribution in [0, 0.1) is 0 Å². The first kappa shape index (κ1) is 17.6. The number of ether oxygens (including phenoxy) is 1. The number of rotatable bonds is 3. The molecule has 0 aliphatic carbocycles. The Balaban J connectivity index is 1.73. The topological polar surface area (TPSA) is 41.6 Å². The molecule has 0 unspecified atom stereocenters. The number of carbonyl (C=O) groups is 1. The molecule has 1 aromatic rings. The molecule has 1 aromatic carbocycles. The highest BCUT2D eigenvalue weighted by atomic mass is 79.9. The van der Waals surface area contributed by atoms with Gasteiger partial charge in [-0.1, -0.05) is 15.9 Å². The van der Waals surface area contributed by atoms with Crippen molar-refractivity contribution in [2.75, 3.05) is 13.1 Å². The van der Waals surface area contributed by atoms with Crippen molar-refractivity contribution in [2.45, 2.75) is 50.2 Å². The van der Waals surface area contributed by atoms with E-state index < -0.39 is 5.60 Å². The summed E-state index contributed by atoms with van der Waals surface area (Å²) in [5.41, 5.74) is -0.427. The Morgan fingerprint density at radius 3 is 2.41 bits per heavy atom. The van der Waals surface area contributed by atoms with Crippen LogP contribution >= 0.6 is 27.9 Å². The van der Waals surface area contributed by atoms with Crippen LogP contribution in [-0.4, -0.2) is 35.7 Å². The molecule has 0 spiro atoms. The minimum Gasteiger partial charge on any atom is -0.444 e. The molecule has 1 N–H and O–H groups in total. The van der Waals surface area contributed by atoms with E-state index in [2.05, 4.69) is 32.8 Å².